The first kappa shape index (κ1) is 25.3. The molecule has 162 valence electrons. The lowest BCUT2D eigenvalue weighted by atomic mass is 10.2. The van der Waals surface area contributed by atoms with Crippen LogP contribution >= 0.6 is 35.3 Å². The van der Waals surface area contributed by atoms with E-state index in [1.807, 2.05) is 0 Å². The lowest BCUT2D eigenvalue weighted by Crippen LogP contribution is -2.38. The molecule has 0 bridgehead atoms. The lowest BCUT2D eigenvalue weighted by molar-refractivity contribution is -0.0520. The number of alkyl halides is 2. The smallest absolute Gasteiger partial charge is 0.387 e. The number of guanidine groups is 1. The third kappa shape index (κ3) is 8.29. The molecule has 2 rings (SSSR count). The third-order valence-corrected chi connectivity index (χ3v) is 4.85. The van der Waals surface area contributed by atoms with E-state index in [0.29, 0.717) is 30.4 Å². The summed E-state index contributed by atoms with van der Waals surface area (Å²) in [6.45, 7) is 2.22. The van der Waals surface area contributed by atoms with Gasteiger partial charge in [0.15, 0.2) is 17.5 Å². The summed E-state index contributed by atoms with van der Waals surface area (Å²) in [5, 5.41) is 9.49. The van der Waals surface area contributed by atoms with Crippen LogP contribution in [0.15, 0.2) is 28.6 Å². The fourth-order valence-electron chi connectivity index (χ4n) is 2.53. The molecule has 6 nitrogen and oxygen atoms in total. The van der Waals surface area contributed by atoms with E-state index in [9.17, 15) is 8.78 Å². The summed E-state index contributed by atoms with van der Waals surface area (Å²) in [5.41, 5.74) is 1.60. The maximum absolute atomic E-state index is 12.8. The van der Waals surface area contributed by atoms with Gasteiger partial charge in [0.25, 0.3) is 0 Å². The van der Waals surface area contributed by atoms with E-state index in [2.05, 4.69) is 37.7 Å². The number of halogens is 3. The Balaban J connectivity index is 0.00000420. The monoisotopic (exact) mass is 540 g/mol. The van der Waals surface area contributed by atoms with Crippen LogP contribution in [0.2, 0.25) is 0 Å². The molecule has 0 unspecified atom stereocenters. The predicted octanol–water partition coefficient (Wildman–Crippen LogP) is 4.23. The number of para-hydroxylation sites is 1. The van der Waals surface area contributed by atoms with Crippen LogP contribution < -0.4 is 20.1 Å². The molecule has 0 spiro atoms. The molecule has 1 aromatic heterocycles. The van der Waals surface area contributed by atoms with Gasteiger partial charge in [-0.15, -0.1) is 35.3 Å². The summed E-state index contributed by atoms with van der Waals surface area (Å²) >= 11 is 1.66. The van der Waals surface area contributed by atoms with Crippen LogP contribution in [0.1, 0.15) is 30.1 Å². The molecule has 29 heavy (non-hydrogen) atoms. The fraction of sp³-hybridized carbons (Fsp3) is 0.474. The van der Waals surface area contributed by atoms with Crippen molar-refractivity contribution in [3.63, 3.8) is 0 Å². The molecule has 2 aromatic rings. The Morgan fingerprint density at radius 1 is 1.28 bits per heavy atom. The van der Waals surface area contributed by atoms with Gasteiger partial charge in [0, 0.05) is 37.5 Å². The van der Waals surface area contributed by atoms with E-state index < -0.39 is 6.61 Å². The Morgan fingerprint density at radius 3 is 2.69 bits per heavy atom. The van der Waals surface area contributed by atoms with E-state index in [-0.39, 0.29) is 36.3 Å². The van der Waals surface area contributed by atoms with Gasteiger partial charge in [0.2, 0.25) is 0 Å². The van der Waals surface area contributed by atoms with Crippen molar-refractivity contribution in [2.45, 2.75) is 39.8 Å². The Bertz CT molecular complexity index is 774. The number of nitrogens with zero attached hydrogens (tertiary/aromatic N) is 2. The SMILES string of the molecule is CCOc1cccc(CNC(=NC)NCCc2csc(CC)n2)c1OC(F)F.I. The summed E-state index contributed by atoms with van der Waals surface area (Å²) in [6.07, 6.45) is 1.71. The van der Waals surface area contributed by atoms with Crippen molar-refractivity contribution in [2.24, 2.45) is 4.99 Å². The van der Waals surface area contributed by atoms with Gasteiger partial charge in [0.05, 0.1) is 17.3 Å². The first-order valence-electron chi connectivity index (χ1n) is 9.14. The minimum atomic E-state index is -2.93. The summed E-state index contributed by atoms with van der Waals surface area (Å²) in [5.74, 6) is 0.896. The lowest BCUT2D eigenvalue weighted by Gasteiger charge is -2.17. The number of ether oxygens (including phenoxy) is 2. The first-order chi connectivity index (χ1) is 13.6. The molecule has 0 radical (unpaired) electrons. The number of hydrogen-bond donors (Lipinski definition) is 2. The molecule has 0 saturated carbocycles. The molecule has 1 heterocycles. The molecular formula is C19H27F2IN4O2S. The van der Waals surface area contributed by atoms with Crippen molar-refractivity contribution < 1.29 is 18.3 Å². The van der Waals surface area contributed by atoms with Crippen molar-refractivity contribution >= 4 is 41.3 Å². The quantitative estimate of drug-likeness (QED) is 0.268. The highest BCUT2D eigenvalue weighted by atomic mass is 127. The van der Waals surface area contributed by atoms with E-state index in [1.54, 1.807) is 43.5 Å². The van der Waals surface area contributed by atoms with Gasteiger partial charge in [0.1, 0.15) is 0 Å². The minimum Gasteiger partial charge on any atom is -0.490 e. The van der Waals surface area contributed by atoms with Gasteiger partial charge < -0.3 is 20.1 Å². The molecule has 0 aliphatic rings. The van der Waals surface area contributed by atoms with Gasteiger partial charge in [-0.25, -0.2) is 4.98 Å². The molecule has 0 aliphatic carbocycles. The summed E-state index contributed by atoms with van der Waals surface area (Å²) in [7, 11) is 1.65. The fourth-order valence-corrected chi connectivity index (χ4v) is 3.31. The van der Waals surface area contributed by atoms with Crippen molar-refractivity contribution in [3.05, 3.63) is 39.8 Å². The number of thiazole rings is 1. The molecular weight excluding hydrogens is 513 g/mol. The molecule has 2 N–H and O–H groups in total. The zero-order chi connectivity index (χ0) is 20.4. The second kappa shape index (κ2) is 13.5. The maximum atomic E-state index is 12.8. The Kier molecular flexibility index (Phi) is 11.8. The van der Waals surface area contributed by atoms with Gasteiger partial charge in [-0.1, -0.05) is 19.1 Å². The van der Waals surface area contributed by atoms with Crippen molar-refractivity contribution in [1.82, 2.24) is 15.6 Å². The van der Waals surface area contributed by atoms with Gasteiger partial charge >= 0.3 is 6.61 Å². The average molecular weight is 540 g/mol. The molecule has 0 fully saturated rings. The molecule has 0 amide bonds. The number of aliphatic imine (C=N–C) groups is 1. The predicted molar refractivity (Wildman–Crippen MR) is 123 cm³/mol. The summed E-state index contributed by atoms with van der Waals surface area (Å²) in [4.78, 5) is 8.69. The van der Waals surface area contributed by atoms with Gasteiger partial charge in [-0.2, -0.15) is 8.78 Å². The molecule has 0 saturated heterocycles. The first-order valence-corrected chi connectivity index (χ1v) is 10.0. The summed E-state index contributed by atoms with van der Waals surface area (Å²) < 4.78 is 35.7. The number of aromatic nitrogens is 1. The Labute approximate surface area is 191 Å². The largest absolute Gasteiger partial charge is 0.490 e. The number of aryl methyl sites for hydroxylation is 1. The number of hydrogen-bond acceptors (Lipinski definition) is 5. The number of rotatable bonds is 10. The highest BCUT2D eigenvalue weighted by Gasteiger charge is 2.16. The molecule has 1 aromatic carbocycles. The third-order valence-electron chi connectivity index (χ3n) is 3.81. The van der Waals surface area contributed by atoms with Crippen LogP contribution in [0.3, 0.4) is 0 Å². The van der Waals surface area contributed by atoms with E-state index in [4.69, 9.17) is 4.74 Å². The normalized spacial score (nSPS) is 11.2. The molecule has 10 heteroatoms. The topological polar surface area (TPSA) is 67.8 Å². The van der Waals surface area contributed by atoms with Crippen LogP contribution in [0, 0.1) is 0 Å². The van der Waals surface area contributed by atoms with Gasteiger partial charge in [-0.05, 0) is 19.4 Å². The highest BCUT2D eigenvalue weighted by molar-refractivity contribution is 14.0. The van der Waals surface area contributed by atoms with Gasteiger partial charge in [-0.3, -0.25) is 4.99 Å². The van der Waals surface area contributed by atoms with Crippen molar-refractivity contribution in [2.75, 3.05) is 20.2 Å². The zero-order valence-electron chi connectivity index (χ0n) is 16.7. The average Bonchev–Trinajstić information content (AvgIpc) is 3.14. The van der Waals surface area contributed by atoms with Crippen LogP contribution in [0.25, 0.3) is 0 Å². The summed E-state index contributed by atoms with van der Waals surface area (Å²) in [6, 6.07) is 5.06. The second-order valence-corrected chi connectivity index (χ2v) is 6.69. The Hall–Kier alpha value is -1.69. The van der Waals surface area contributed by atoms with Crippen molar-refractivity contribution in [3.8, 4) is 11.5 Å². The second-order valence-electron chi connectivity index (χ2n) is 5.74. The number of nitrogens with one attached hydrogen (secondary N) is 2. The van der Waals surface area contributed by atoms with Crippen molar-refractivity contribution in [1.29, 1.82) is 0 Å². The maximum Gasteiger partial charge on any atom is 0.387 e. The van der Waals surface area contributed by atoms with E-state index >= 15 is 0 Å². The highest BCUT2D eigenvalue weighted by Crippen LogP contribution is 2.32. The Morgan fingerprint density at radius 2 is 2.07 bits per heavy atom. The zero-order valence-corrected chi connectivity index (χ0v) is 19.9. The van der Waals surface area contributed by atoms with Crippen LogP contribution in [0.4, 0.5) is 8.78 Å². The molecule has 0 atom stereocenters. The van der Waals surface area contributed by atoms with E-state index in [1.165, 1.54) is 0 Å². The van der Waals surface area contributed by atoms with Crippen LogP contribution in [-0.2, 0) is 19.4 Å². The van der Waals surface area contributed by atoms with E-state index in [0.717, 1.165) is 23.5 Å². The standard InChI is InChI=1S/C19H26F2N4O2S.HI/c1-4-16-25-14(12-28-16)9-10-23-19(22-3)24-11-13-7-6-8-15(26-5-2)17(13)27-18(20)21;/h6-8,12,18H,4-5,9-11H2,1-3H3,(H2,22,23,24);1H. The number of benzene rings is 1. The molecule has 0 aliphatic heterocycles. The van der Waals surface area contributed by atoms with Crippen LogP contribution in [-0.4, -0.2) is 37.8 Å². The van der Waals surface area contributed by atoms with Crippen LogP contribution in [0.5, 0.6) is 11.5 Å². The minimum absolute atomic E-state index is 0.